The molecule has 166 valence electrons. The Bertz CT molecular complexity index is 1480. The second-order valence-corrected chi connectivity index (χ2v) is 7.32. The van der Waals surface area contributed by atoms with Gasteiger partial charge < -0.3 is 15.4 Å². The van der Waals surface area contributed by atoms with Crippen LogP contribution in [0.2, 0.25) is 0 Å². The maximum Gasteiger partial charge on any atom is 0.274 e. The molecule has 0 aliphatic rings. The Balaban J connectivity index is 1.33. The summed E-state index contributed by atoms with van der Waals surface area (Å²) in [4.78, 5) is 25.5. The predicted molar refractivity (Wildman–Crippen MR) is 128 cm³/mol. The van der Waals surface area contributed by atoms with Crippen molar-refractivity contribution in [1.82, 2.24) is 15.0 Å². The summed E-state index contributed by atoms with van der Waals surface area (Å²) in [5.74, 6) is 0.918. The summed E-state index contributed by atoms with van der Waals surface area (Å²) >= 11 is 0. The summed E-state index contributed by atoms with van der Waals surface area (Å²) < 4.78 is 19.5. The summed E-state index contributed by atoms with van der Waals surface area (Å²) in [5.41, 5.74) is 2.06. The van der Waals surface area contributed by atoms with Crippen LogP contribution in [0.1, 0.15) is 10.5 Å². The standard InChI is InChI=1S/C26H18FN5O2/c27-17-7-8-22-21(15-17)23(11-14-29-22)31-25-6-2-5-24(32-25)26(33)30-18-3-1-4-20(16-18)34-19-9-12-28-13-10-19/h1-16H,(H,30,33)(H,29,31,32). The third-order valence-electron chi connectivity index (χ3n) is 4.93. The van der Waals surface area contributed by atoms with Crippen LogP contribution in [0, 0.1) is 5.82 Å². The Labute approximate surface area is 194 Å². The number of nitrogens with one attached hydrogen (secondary N) is 2. The molecule has 5 aromatic rings. The molecule has 2 N–H and O–H groups in total. The van der Waals surface area contributed by atoms with Crippen LogP contribution in [0.5, 0.6) is 11.5 Å². The van der Waals surface area contributed by atoms with E-state index in [1.807, 2.05) is 0 Å². The van der Waals surface area contributed by atoms with E-state index < -0.39 is 0 Å². The smallest absolute Gasteiger partial charge is 0.274 e. The monoisotopic (exact) mass is 451 g/mol. The van der Waals surface area contributed by atoms with Crippen LogP contribution in [0.3, 0.4) is 0 Å². The Morgan fingerprint density at radius 1 is 0.853 bits per heavy atom. The number of carbonyl (C=O) groups excluding carboxylic acids is 1. The van der Waals surface area contributed by atoms with Gasteiger partial charge in [-0.05, 0) is 60.7 Å². The zero-order valence-corrected chi connectivity index (χ0v) is 17.8. The van der Waals surface area contributed by atoms with Crippen LogP contribution in [-0.2, 0) is 0 Å². The molecular formula is C26H18FN5O2. The third-order valence-corrected chi connectivity index (χ3v) is 4.93. The molecule has 0 atom stereocenters. The van der Waals surface area contributed by atoms with Crippen LogP contribution in [0.25, 0.3) is 10.9 Å². The highest BCUT2D eigenvalue weighted by molar-refractivity contribution is 6.03. The molecule has 34 heavy (non-hydrogen) atoms. The van der Waals surface area contributed by atoms with E-state index >= 15 is 0 Å². The van der Waals surface area contributed by atoms with E-state index in [1.165, 1.54) is 12.1 Å². The fourth-order valence-electron chi connectivity index (χ4n) is 3.37. The Hall–Kier alpha value is -4.85. The molecule has 0 spiro atoms. The lowest BCUT2D eigenvalue weighted by Crippen LogP contribution is -2.14. The van der Waals surface area contributed by atoms with E-state index in [4.69, 9.17) is 4.74 Å². The number of hydrogen-bond donors (Lipinski definition) is 2. The van der Waals surface area contributed by atoms with Gasteiger partial charge in [0.15, 0.2) is 0 Å². The predicted octanol–water partition coefficient (Wildman–Crippen LogP) is 5.95. The number of nitrogens with zero attached hydrogens (tertiary/aromatic N) is 3. The van der Waals surface area contributed by atoms with Gasteiger partial charge >= 0.3 is 0 Å². The Morgan fingerprint density at radius 2 is 1.71 bits per heavy atom. The lowest BCUT2D eigenvalue weighted by atomic mass is 10.2. The van der Waals surface area contributed by atoms with Gasteiger partial charge in [-0.1, -0.05) is 12.1 Å². The first-order chi connectivity index (χ1) is 16.6. The molecule has 3 heterocycles. The first kappa shape index (κ1) is 21.0. The number of amides is 1. The molecule has 0 fully saturated rings. The normalized spacial score (nSPS) is 10.6. The number of benzene rings is 2. The zero-order chi connectivity index (χ0) is 23.3. The van der Waals surface area contributed by atoms with Crippen molar-refractivity contribution in [1.29, 1.82) is 0 Å². The van der Waals surface area contributed by atoms with Crippen molar-refractivity contribution in [2.24, 2.45) is 0 Å². The van der Waals surface area contributed by atoms with Gasteiger partial charge in [0.05, 0.1) is 11.2 Å². The van der Waals surface area contributed by atoms with Crippen molar-refractivity contribution in [2.75, 3.05) is 10.6 Å². The van der Waals surface area contributed by atoms with Gasteiger partial charge in [0.25, 0.3) is 5.91 Å². The molecule has 0 saturated heterocycles. The van der Waals surface area contributed by atoms with Crippen LogP contribution < -0.4 is 15.4 Å². The first-order valence-corrected chi connectivity index (χ1v) is 10.4. The van der Waals surface area contributed by atoms with Crippen LogP contribution in [-0.4, -0.2) is 20.9 Å². The molecule has 0 aliphatic heterocycles. The quantitative estimate of drug-likeness (QED) is 0.332. The number of fused-ring (bicyclic) bond motifs is 1. The minimum atomic E-state index is -0.379. The van der Waals surface area contributed by atoms with Crippen molar-refractivity contribution in [3.63, 3.8) is 0 Å². The van der Waals surface area contributed by atoms with Gasteiger partial charge in [0.1, 0.15) is 28.8 Å². The van der Waals surface area contributed by atoms with Crippen LogP contribution in [0.15, 0.2) is 97.5 Å². The molecule has 8 heteroatoms. The highest BCUT2D eigenvalue weighted by Gasteiger charge is 2.11. The number of ether oxygens (including phenoxy) is 1. The molecule has 1 amide bonds. The van der Waals surface area contributed by atoms with Crippen molar-refractivity contribution in [3.8, 4) is 11.5 Å². The van der Waals surface area contributed by atoms with Crippen molar-refractivity contribution >= 4 is 34.0 Å². The molecule has 0 saturated carbocycles. The largest absolute Gasteiger partial charge is 0.457 e. The minimum absolute atomic E-state index is 0.218. The molecule has 2 aromatic carbocycles. The highest BCUT2D eigenvalue weighted by atomic mass is 19.1. The van der Waals surface area contributed by atoms with E-state index in [0.717, 1.165) is 0 Å². The second-order valence-electron chi connectivity index (χ2n) is 7.32. The van der Waals surface area contributed by atoms with Crippen molar-refractivity contribution < 1.29 is 13.9 Å². The van der Waals surface area contributed by atoms with Gasteiger partial charge in [-0.3, -0.25) is 14.8 Å². The number of hydrogen-bond acceptors (Lipinski definition) is 6. The lowest BCUT2D eigenvalue weighted by Gasteiger charge is -2.11. The van der Waals surface area contributed by atoms with Crippen molar-refractivity contribution in [3.05, 3.63) is 109 Å². The first-order valence-electron chi connectivity index (χ1n) is 10.4. The van der Waals surface area contributed by atoms with E-state index in [2.05, 4.69) is 25.6 Å². The van der Waals surface area contributed by atoms with E-state index in [-0.39, 0.29) is 17.4 Å². The second kappa shape index (κ2) is 9.33. The Morgan fingerprint density at radius 3 is 2.59 bits per heavy atom. The number of carbonyl (C=O) groups is 1. The fourth-order valence-corrected chi connectivity index (χ4v) is 3.37. The highest BCUT2D eigenvalue weighted by Crippen LogP contribution is 2.26. The van der Waals surface area contributed by atoms with E-state index in [1.54, 1.807) is 85.3 Å². The SMILES string of the molecule is O=C(Nc1cccc(Oc2ccncc2)c1)c1cccc(Nc2ccnc3ccc(F)cc23)n1. The number of pyridine rings is 3. The summed E-state index contributed by atoms with van der Waals surface area (Å²) in [6.45, 7) is 0. The number of rotatable bonds is 6. The summed E-state index contributed by atoms with van der Waals surface area (Å²) in [7, 11) is 0. The topological polar surface area (TPSA) is 89.0 Å². The molecule has 0 aliphatic carbocycles. The van der Waals surface area contributed by atoms with Gasteiger partial charge in [-0.25, -0.2) is 9.37 Å². The molecule has 0 unspecified atom stereocenters. The molecular weight excluding hydrogens is 433 g/mol. The van der Waals surface area contributed by atoms with Gasteiger partial charge in [-0.15, -0.1) is 0 Å². The maximum atomic E-state index is 13.7. The van der Waals surface area contributed by atoms with Gasteiger partial charge in [-0.2, -0.15) is 0 Å². The molecule has 5 rings (SSSR count). The number of halogens is 1. The molecule has 3 aromatic heterocycles. The van der Waals surface area contributed by atoms with E-state index in [9.17, 15) is 9.18 Å². The summed E-state index contributed by atoms with van der Waals surface area (Å²) in [5, 5.41) is 6.59. The molecule has 7 nitrogen and oxygen atoms in total. The molecule has 0 bridgehead atoms. The fraction of sp³-hybridized carbons (Fsp3) is 0. The lowest BCUT2D eigenvalue weighted by molar-refractivity contribution is 0.102. The minimum Gasteiger partial charge on any atom is -0.457 e. The number of anilines is 3. The average molecular weight is 451 g/mol. The van der Waals surface area contributed by atoms with Gasteiger partial charge in [0, 0.05) is 35.7 Å². The zero-order valence-electron chi connectivity index (χ0n) is 17.8. The molecule has 0 radical (unpaired) electrons. The van der Waals surface area contributed by atoms with Crippen LogP contribution >= 0.6 is 0 Å². The summed E-state index contributed by atoms with van der Waals surface area (Å²) in [6.07, 6.45) is 4.90. The number of aromatic nitrogens is 3. The van der Waals surface area contributed by atoms with Crippen molar-refractivity contribution in [2.45, 2.75) is 0 Å². The maximum absolute atomic E-state index is 13.7. The average Bonchev–Trinajstić information content (AvgIpc) is 2.85. The third kappa shape index (κ3) is 4.81. The Kier molecular flexibility index (Phi) is 5.77. The van der Waals surface area contributed by atoms with Gasteiger partial charge in [0.2, 0.25) is 0 Å². The summed E-state index contributed by atoms with van der Waals surface area (Å²) in [6, 6.07) is 21.7. The van der Waals surface area contributed by atoms with E-state index in [0.29, 0.717) is 39.6 Å². The van der Waals surface area contributed by atoms with Crippen LogP contribution in [0.4, 0.5) is 21.6 Å².